The summed E-state index contributed by atoms with van der Waals surface area (Å²) in [7, 11) is 1.80. The number of rotatable bonds is 2. The zero-order valence-electron chi connectivity index (χ0n) is 12.1. The number of amides is 4. The molecule has 0 saturated carbocycles. The average Bonchev–Trinajstić information content (AvgIpc) is 2.90. The van der Waals surface area contributed by atoms with Gasteiger partial charge in [-0.05, 0) is 42.5 Å². The SMILES string of the molecule is Cn1cccc1C=C1C(=O)NC(=O)N(c2ccc(Br)cc2)C1=O. The highest BCUT2D eigenvalue weighted by Crippen LogP contribution is 2.23. The molecule has 1 aromatic carbocycles. The van der Waals surface area contributed by atoms with Crippen LogP contribution in [0.3, 0.4) is 0 Å². The molecule has 1 N–H and O–H groups in total. The van der Waals surface area contributed by atoms with Gasteiger partial charge >= 0.3 is 6.03 Å². The van der Waals surface area contributed by atoms with Crippen molar-refractivity contribution < 1.29 is 14.4 Å². The standard InChI is InChI=1S/C16H12BrN3O3/c1-19-8-2-3-12(19)9-13-14(21)18-16(23)20(15(13)22)11-6-4-10(17)5-7-11/h2-9H,1H3,(H,18,21,23). The Morgan fingerprint density at radius 1 is 1.09 bits per heavy atom. The predicted octanol–water partition coefficient (Wildman–Crippen LogP) is 2.45. The van der Waals surface area contributed by atoms with Crippen molar-refractivity contribution in [3.8, 4) is 0 Å². The Bertz CT molecular complexity index is 837. The summed E-state index contributed by atoms with van der Waals surface area (Å²) < 4.78 is 2.59. The lowest BCUT2D eigenvalue weighted by atomic mass is 10.1. The molecule has 7 heteroatoms. The van der Waals surface area contributed by atoms with Crippen molar-refractivity contribution in [3.63, 3.8) is 0 Å². The van der Waals surface area contributed by atoms with Crippen LogP contribution in [0.15, 0.2) is 52.6 Å². The molecule has 0 atom stereocenters. The molecule has 6 nitrogen and oxygen atoms in total. The molecular formula is C16H12BrN3O3. The van der Waals surface area contributed by atoms with Crippen LogP contribution in [0.25, 0.3) is 6.08 Å². The lowest BCUT2D eigenvalue weighted by Gasteiger charge is -2.26. The van der Waals surface area contributed by atoms with Gasteiger partial charge in [-0.3, -0.25) is 14.9 Å². The van der Waals surface area contributed by atoms with Gasteiger partial charge in [-0.15, -0.1) is 0 Å². The van der Waals surface area contributed by atoms with Crippen LogP contribution in [0, 0.1) is 0 Å². The number of hydrogen-bond donors (Lipinski definition) is 1. The normalized spacial score (nSPS) is 16.9. The quantitative estimate of drug-likeness (QED) is 0.649. The number of carbonyl (C=O) groups excluding carboxylic acids is 3. The van der Waals surface area contributed by atoms with Gasteiger partial charge in [0.15, 0.2) is 0 Å². The first-order chi connectivity index (χ1) is 11.0. The zero-order chi connectivity index (χ0) is 16.6. The van der Waals surface area contributed by atoms with Crippen LogP contribution in [0.5, 0.6) is 0 Å². The maximum absolute atomic E-state index is 12.6. The van der Waals surface area contributed by atoms with E-state index in [0.29, 0.717) is 11.4 Å². The van der Waals surface area contributed by atoms with Gasteiger partial charge < -0.3 is 4.57 Å². The van der Waals surface area contributed by atoms with E-state index >= 15 is 0 Å². The topological polar surface area (TPSA) is 71.4 Å². The van der Waals surface area contributed by atoms with Crippen LogP contribution >= 0.6 is 15.9 Å². The summed E-state index contributed by atoms with van der Waals surface area (Å²) in [5, 5.41) is 2.19. The van der Waals surface area contributed by atoms with E-state index in [9.17, 15) is 14.4 Å². The number of halogens is 1. The highest BCUT2D eigenvalue weighted by molar-refractivity contribution is 9.10. The zero-order valence-corrected chi connectivity index (χ0v) is 13.7. The van der Waals surface area contributed by atoms with E-state index in [1.165, 1.54) is 6.08 Å². The number of urea groups is 1. The molecule has 0 radical (unpaired) electrons. The number of barbiturate groups is 1. The second kappa shape index (κ2) is 5.85. The molecular weight excluding hydrogens is 362 g/mol. The van der Waals surface area contributed by atoms with Crippen LogP contribution in [0.2, 0.25) is 0 Å². The number of carbonyl (C=O) groups is 3. The van der Waals surface area contributed by atoms with Gasteiger partial charge in [0, 0.05) is 23.4 Å². The number of nitrogens with zero attached hydrogens (tertiary/aromatic N) is 2. The van der Waals surface area contributed by atoms with Gasteiger partial charge in [0.2, 0.25) is 0 Å². The van der Waals surface area contributed by atoms with E-state index in [-0.39, 0.29) is 5.57 Å². The first-order valence-electron chi connectivity index (χ1n) is 6.76. The lowest BCUT2D eigenvalue weighted by molar-refractivity contribution is -0.122. The van der Waals surface area contributed by atoms with Crippen molar-refractivity contribution in [3.05, 3.63) is 58.3 Å². The summed E-state index contributed by atoms with van der Waals surface area (Å²) in [6.45, 7) is 0. The fourth-order valence-corrected chi connectivity index (χ4v) is 2.52. The highest BCUT2D eigenvalue weighted by Gasteiger charge is 2.36. The minimum Gasteiger partial charge on any atom is -0.351 e. The van der Waals surface area contributed by atoms with Gasteiger partial charge in [-0.1, -0.05) is 15.9 Å². The Balaban J connectivity index is 2.02. The average molecular weight is 374 g/mol. The second-order valence-corrected chi connectivity index (χ2v) is 5.89. The molecule has 4 amide bonds. The lowest BCUT2D eigenvalue weighted by Crippen LogP contribution is -2.54. The molecule has 0 aliphatic carbocycles. The van der Waals surface area contributed by atoms with Gasteiger partial charge in [0.1, 0.15) is 5.57 Å². The van der Waals surface area contributed by atoms with Gasteiger partial charge in [-0.2, -0.15) is 0 Å². The number of aromatic nitrogens is 1. The third-order valence-electron chi connectivity index (χ3n) is 3.46. The van der Waals surface area contributed by atoms with Crippen molar-refractivity contribution in [1.29, 1.82) is 0 Å². The molecule has 3 rings (SSSR count). The number of imide groups is 2. The predicted molar refractivity (Wildman–Crippen MR) is 88.6 cm³/mol. The van der Waals surface area contributed by atoms with Crippen molar-refractivity contribution >= 4 is 45.5 Å². The molecule has 0 unspecified atom stereocenters. The van der Waals surface area contributed by atoms with E-state index in [1.54, 1.807) is 54.2 Å². The van der Waals surface area contributed by atoms with Gasteiger partial charge in [-0.25, -0.2) is 9.69 Å². The number of nitrogens with one attached hydrogen (secondary N) is 1. The Kier molecular flexibility index (Phi) is 3.87. The van der Waals surface area contributed by atoms with E-state index in [0.717, 1.165) is 9.37 Å². The molecule has 2 aromatic rings. The molecule has 1 aliphatic rings. The van der Waals surface area contributed by atoms with Crippen LogP contribution in [-0.4, -0.2) is 22.4 Å². The maximum atomic E-state index is 12.6. The first kappa shape index (κ1) is 15.2. The van der Waals surface area contributed by atoms with Crippen LogP contribution < -0.4 is 10.2 Å². The van der Waals surface area contributed by atoms with E-state index in [4.69, 9.17) is 0 Å². The smallest absolute Gasteiger partial charge is 0.335 e. The van der Waals surface area contributed by atoms with E-state index in [1.807, 2.05) is 0 Å². The monoisotopic (exact) mass is 373 g/mol. The van der Waals surface area contributed by atoms with Crippen molar-refractivity contribution in [1.82, 2.24) is 9.88 Å². The number of benzene rings is 1. The van der Waals surface area contributed by atoms with Crippen molar-refractivity contribution in [2.75, 3.05) is 4.90 Å². The maximum Gasteiger partial charge on any atom is 0.335 e. The van der Waals surface area contributed by atoms with Gasteiger partial charge in [0.25, 0.3) is 11.8 Å². The molecule has 1 aliphatic heterocycles. The van der Waals surface area contributed by atoms with Crippen molar-refractivity contribution in [2.24, 2.45) is 7.05 Å². The fourth-order valence-electron chi connectivity index (χ4n) is 2.25. The largest absolute Gasteiger partial charge is 0.351 e. The molecule has 1 fully saturated rings. The van der Waals surface area contributed by atoms with E-state index in [2.05, 4.69) is 21.2 Å². The molecule has 2 heterocycles. The number of anilines is 1. The molecule has 0 spiro atoms. The minimum atomic E-state index is -0.758. The summed E-state index contributed by atoms with van der Waals surface area (Å²) in [4.78, 5) is 37.6. The van der Waals surface area contributed by atoms with Crippen molar-refractivity contribution in [2.45, 2.75) is 0 Å². The number of hydrogen-bond acceptors (Lipinski definition) is 3. The summed E-state index contributed by atoms with van der Waals surface area (Å²) >= 11 is 3.30. The molecule has 116 valence electrons. The summed E-state index contributed by atoms with van der Waals surface area (Å²) in [5.41, 5.74) is 0.990. The molecule has 0 bridgehead atoms. The van der Waals surface area contributed by atoms with Crippen LogP contribution in [0.1, 0.15) is 5.69 Å². The Hall–Kier alpha value is -2.67. The highest BCUT2D eigenvalue weighted by atomic mass is 79.9. The number of aryl methyl sites for hydroxylation is 1. The summed E-state index contributed by atoms with van der Waals surface area (Å²) in [6.07, 6.45) is 3.27. The molecule has 1 saturated heterocycles. The first-order valence-corrected chi connectivity index (χ1v) is 7.55. The van der Waals surface area contributed by atoms with Gasteiger partial charge in [0.05, 0.1) is 5.69 Å². The van der Waals surface area contributed by atoms with Crippen LogP contribution in [-0.2, 0) is 16.6 Å². The minimum absolute atomic E-state index is 0.0886. The molecule has 1 aromatic heterocycles. The Morgan fingerprint density at radius 2 is 1.78 bits per heavy atom. The van der Waals surface area contributed by atoms with Crippen LogP contribution in [0.4, 0.5) is 10.5 Å². The Labute approximate surface area is 140 Å². The second-order valence-electron chi connectivity index (χ2n) is 4.98. The summed E-state index contributed by atoms with van der Waals surface area (Å²) in [6, 6.07) is 9.49. The molecule has 23 heavy (non-hydrogen) atoms. The van der Waals surface area contributed by atoms with E-state index < -0.39 is 17.8 Å². The summed E-state index contributed by atoms with van der Waals surface area (Å²) in [5.74, 6) is -1.35. The fraction of sp³-hybridized carbons (Fsp3) is 0.0625. The third-order valence-corrected chi connectivity index (χ3v) is 3.99. The third kappa shape index (κ3) is 2.83. The Morgan fingerprint density at radius 3 is 2.39 bits per heavy atom.